The third-order valence-electron chi connectivity index (χ3n) is 7.70. The molecule has 0 spiro atoms. The van der Waals surface area contributed by atoms with E-state index in [2.05, 4.69) is 95.0 Å². The third kappa shape index (κ3) is 131. The molecule has 84 heavy (non-hydrogen) atoms. The van der Waals surface area contributed by atoms with Crippen molar-refractivity contribution in [2.24, 2.45) is 22.9 Å². The van der Waals surface area contributed by atoms with Crippen LogP contribution in [0.25, 0.3) is 0 Å². The van der Waals surface area contributed by atoms with E-state index in [1.807, 2.05) is 26.8 Å². The van der Waals surface area contributed by atoms with Crippen molar-refractivity contribution in [1.29, 1.82) is 0 Å². The standard InChI is InChI=1S/C30H46N2O3.C9H20N2O3.C8H16N2O2.C4H12N2O.C4H6O2.3CO2.CH4/c1-3-5-6-7-8-9-10-11-12-13-14-15-16-17-18-19-20-21-22-24-30(34)32-26-28-35-27-25-31-29(33)23-4-2;1-9(2,3)14-8(12)11-5-7-13-6-4-10;1-2-3-8(11)10-5-7-12-6-4-9;5-1-3-7-4-2-6;1-2-3-4(5)6;3*2-1-3;/h4-6,8-9,11-12,14-15,17-18,20-21,23H,3,7,10,13,16,19,22,24-28H2,1-2H3,(H,31,33)(H,32,34);4-7,10H2,1-3H3,(H,11,12);2-3H,4-7,9H2,1H3,(H,10,11);1-6H2;2-3H,1H3,(H,5,6);;;;1H4/b6-5-,9-8-,12-11-,15-14-,18-17-,21-20-,23-4+;;3-2+;;3-2+;;;;. The summed E-state index contributed by atoms with van der Waals surface area (Å²) in [4.78, 5) is 103. The second-order valence-electron chi connectivity index (χ2n) is 16.0. The third-order valence-corrected chi connectivity index (χ3v) is 7.70. The van der Waals surface area contributed by atoms with Crippen LogP contribution in [0.4, 0.5) is 4.79 Å². The monoisotopic (exact) mass is 1200 g/mol. The molecule has 25 nitrogen and oxygen atoms in total. The van der Waals surface area contributed by atoms with E-state index in [0.29, 0.717) is 112 Å². The highest BCUT2D eigenvalue weighted by molar-refractivity contribution is 5.87. The first kappa shape index (κ1) is 95.8. The molecule has 13 N–H and O–H groups in total. The fraction of sp³-hybridized carbons (Fsp3) is 0.559. The van der Waals surface area contributed by atoms with Crippen LogP contribution in [0.1, 0.15) is 107 Å². The number of nitrogens with one attached hydrogen (secondary N) is 4. The van der Waals surface area contributed by atoms with Gasteiger partial charge >= 0.3 is 30.5 Å². The van der Waals surface area contributed by atoms with Crippen molar-refractivity contribution < 1.29 is 81.5 Å². The molecule has 0 aromatic rings. The molecule has 0 aromatic heterocycles. The molecule has 0 aliphatic rings. The smallest absolute Gasteiger partial charge is 0.407 e. The number of carbonyl (C=O) groups is 5. The zero-order chi connectivity index (χ0) is 64.6. The summed E-state index contributed by atoms with van der Waals surface area (Å²) in [6.07, 6.45) is 42.4. The molecule has 4 amide bonds. The van der Waals surface area contributed by atoms with E-state index in [9.17, 15) is 24.0 Å². The molecule has 482 valence electrons. The summed E-state index contributed by atoms with van der Waals surface area (Å²) in [5.74, 6) is -1.08. The number of carboxylic acid groups (broad SMARTS) is 1. The number of nitrogens with two attached hydrogens (primary N) is 4. The van der Waals surface area contributed by atoms with E-state index in [0.717, 1.165) is 51.0 Å². The van der Waals surface area contributed by atoms with E-state index >= 15 is 0 Å². The SMILES string of the molecule is C.C/C=C/C(=O)NCCOCCN.C/C=C/C(=O)NCCOCCNC(=O)CC/C=C\C/C=C\C/C=C\C/C=C\C/C=C\C/C=C\CC.C/C=C/C(=O)O.CC(C)(C)OC(=O)NCCOCCN.NCCOCCN.O=C=O.O=C=O.O=C=O. The topological polar surface area (TPSA) is 406 Å². The summed E-state index contributed by atoms with van der Waals surface area (Å²) in [6, 6.07) is 0. The summed E-state index contributed by atoms with van der Waals surface area (Å²) in [5.41, 5.74) is 20.2. The molecule has 0 saturated heterocycles. The lowest BCUT2D eigenvalue weighted by atomic mass is 10.2. The van der Waals surface area contributed by atoms with Gasteiger partial charge in [-0.2, -0.15) is 28.8 Å². The van der Waals surface area contributed by atoms with E-state index in [4.69, 9.17) is 80.5 Å². The number of carbonyl (C=O) groups excluding carboxylic acids is 10. The fourth-order valence-corrected chi connectivity index (χ4v) is 4.54. The molecular weight excluding hydrogens is 1090 g/mol. The normalized spacial score (nSPS) is 10.4. The molecule has 0 rings (SSSR count). The molecule has 0 unspecified atom stereocenters. The average Bonchev–Trinajstić information content (AvgIpc) is 3.42. The summed E-state index contributed by atoms with van der Waals surface area (Å²) < 4.78 is 25.4. The molecule has 0 saturated carbocycles. The van der Waals surface area contributed by atoms with Gasteiger partial charge in [0.15, 0.2) is 0 Å². The van der Waals surface area contributed by atoms with Gasteiger partial charge in [0.1, 0.15) is 5.60 Å². The second-order valence-corrected chi connectivity index (χ2v) is 16.0. The maximum Gasteiger partial charge on any atom is 0.407 e. The van der Waals surface area contributed by atoms with Crippen molar-refractivity contribution in [2.75, 3.05) is 105 Å². The first-order valence-corrected chi connectivity index (χ1v) is 26.8. The predicted molar refractivity (Wildman–Crippen MR) is 324 cm³/mol. The quantitative estimate of drug-likeness (QED) is 0.0227. The highest BCUT2D eigenvalue weighted by atomic mass is 16.6. The van der Waals surface area contributed by atoms with Gasteiger partial charge in [-0.05, 0) is 98.6 Å². The molecular formula is C59H104N8O17. The first-order valence-electron chi connectivity index (χ1n) is 26.8. The number of aliphatic carboxylic acids is 1. The second kappa shape index (κ2) is 92.1. The van der Waals surface area contributed by atoms with E-state index in [1.54, 1.807) is 32.9 Å². The van der Waals surface area contributed by atoms with E-state index in [1.165, 1.54) is 18.2 Å². The largest absolute Gasteiger partial charge is 0.478 e. The minimum atomic E-state index is -0.891. The van der Waals surface area contributed by atoms with Crippen LogP contribution in [-0.2, 0) is 71.6 Å². The van der Waals surface area contributed by atoms with Gasteiger partial charge in [-0.15, -0.1) is 0 Å². The average molecular weight is 1200 g/mol. The van der Waals surface area contributed by atoms with Crippen LogP contribution in [0, 0.1) is 0 Å². The van der Waals surface area contributed by atoms with Gasteiger partial charge in [-0.3, -0.25) is 14.4 Å². The van der Waals surface area contributed by atoms with Crippen LogP contribution in [0.3, 0.4) is 0 Å². The Morgan fingerprint density at radius 2 is 0.738 bits per heavy atom. The molecule has 25 heteroatoms. The summed E-state index contributed by atoms with van der Waals surface area (Å²) >= 11 is 0. The zero-order valence-corrected chi connectivity index (χ0v) is 50.2. The maximum atomic E-state index is 11.8. The number of ether oxygens (including phenoxy) is 5. The van der Waals surface area contributed by atoms with Crippen LogP contribution in [-0.4, -0.2) is 164 Å². The van der Waals surface area contributed by atoms with E-state index in [-0.39, 0.29) is 43.6 Å². The van der Waals surface area contributed by atoms with Crippen molar-refractivity contribution in [3.8, 4) is 0 Å². The van der Waals surface area contributed by atoms with Gasteiger partial charge in [0.2, 0.25) is 17.7 Å². The highest BCUT2D eigenvalue weighted by Crippen LogP contribution is 2.06. The maximum absolute atomic E-state index is 11.8. The van der Waals surface area contributed by atoms with Crippen LogP contribution < -0.4 is 44.2 Å². The Balaban J connectivity index is -0.000000134. The lowest BCUT2D eigenvalue weighted by molar-refractivity contribution is -0.193. The minimum Gasteiger partial charge on any atom is -0.478 e. The fourth-order valence-electron chi connectivity index (χ4n) is 4.54. The molecule has 0 heterocycles. The van der Waals surface area contributed by atoms with Crippen molar-refractivity contribution in [2.45, 2.75) is 113 Å². The molecule has 0 aliphatic carbocycles. The lowest BCUT2D eigenvalue weighted by Crippen LogP contribution is -2.34. The van der Waals surface area contributed by atoms with Gasteiger partial charge < -0.3 is 73.0 Å². The Labute approximate surface area is 499 Å². The zero-order valence-electron chi connectivity index (χ0n) is 50.2. The number of amides is 4. The number of allylic oxidation sites excluding steroid dienone is 15. The number of carboxylic acids is 1. The van der Waals surface area contributed by atoms with Crippen LogP contribution in [0.15, 0.2) is 109 Å². The lowest BCUT2D eigenvalue weighted by Gasteiger charge is -2.19. The van der Waals surface area contributed by atoms with Crippen molar-refractivity contribution in [3.63, 3.8) is 0 Å². The predicted octanol–water partition coefficient (Wildman–Crippen LogP) is 4.88. The Hall–Kier alpha value is -7.37. The number of alkyl carbamates (subject to hydrolysis) is 1. The molecule has 0 fully saturated rings. The minimum absolute atomic E-state index is 0. The van der Waals surface area contributed by atoms with Crippen molar-refractivity contribution >= 4 is 48.2 Å². The Morgan fingerprint density at radius 3 is 1.02 bits per heavy atom. The molecule has 0 aliphatic heterocycles. The highest BCUT2D eigenvalue weighted by Gasteiger charge is 2.15. The van der Waals surface area contributed by atoms with Gasteiger partial charge in [-0.1, -0.05) is 105 Å². The number of hydrogen-bond acceptors (Lipinski definition) is 20. The van der Waals surface area contributed by atoms with Crippen molar-refractivity contribution in [1.82, 2.24) is 21.3 Å². The van der Waals surface area contributed by atoms with Crippen molar-refractivity contribution in [3.05, 3.63) is 109 Å². The Kier molecular flexibility index (Phi) is 105. The number of rotatable bonds is 37. The van der Waals surface area contributed by atoms with Crippen LogP contribution >= 0.6 is 0 Å². The molecule has 0 atom stereocenters. The molecule has 0 aromatic carbocycles. The first-order chi connectivity index (χ1) is 39.9. The molecule has 0 bridgehead atoms. The van der Waals surface area contributed by atoms with E-state index < -0.39 is 17.7 Å². The van der Waals surface area contributed by atoms with Crippen LogP contribution in [0.5, 0.6) is 0 Å². The van der Waals surface area contributed by atoms with Gasteiger partial charge in [-0.25, -0.2) is 9.59 Å². The molecule has 0 radical (unpaired) electrons. The Morgan fingerprint density at radius 1 is 0.452 bits per heavy atom. The summed E-state index contributed by atoms with van der Waals surface area (Å²) in [7, 11) is 0. The summed E-state index contributed by atoms with van der Waals surface area (Å²) in [5, 5.41) is 18.6. The van der Waals surface area contributed by atoms with Gasteiger partial charge in [0, 0.05) is 64.9 Å². The van der Waals surface area contributed by atoms with Gasteiger partial charge in [0.25, 0.3) is 0 Å². The van der Waals surface area contributed by atoms with Gasteiger partial charge in [0.05, 0.1) is 52.9 Å². The Bertz CT molecular complexity index is 1830. The van der Waals surface area contributed by atoms with Crippen LogP contribution in [0.2, 0.25) is 0 Å². The summed E-state index contributed by atoms with van der Waals surface area (Å²) in [6.45, 7) is 21.1. The number of hydrogen-bond donors (Lipinski definition) is 9.